The standard InChI is InChI=1S/C18H21NO5S2/c1-22-15-6-5-13(10-16(15)23-2)18(21)24-11-17(20)19-7-9-25-12-14-4-3-8-26-14/h3-6,8,10H,7,9,11-12H2,1-2H3,(H,19,20). The molecule has 6 nitrogen and oxygen atoms in total. The van der Waals surface area contributed by atoms with Crippen LogP contribution in [0, 0.1) is 0 Å². The molecular formula is C18H21NO5S2. The third-order valence-electron chi connectivity index (χ3n) is 3.35. The molecule has 2 aromatic rings. The molecule has 1 aromatic carbocycles. The molecule has 1 heterocycles. The lowest BCUT2D eigenvalue weighted by Crippen LogP contribution is -2.30. The van der Waals surface area contributed by atoms with Gasteiger partial charge in [-0.05, 0) is 29.6 Å². The van der Waals surface area contributed by atoms with Gasteiger partial charge in [-0.15, -0.1) is 11.3 Å². The van der Waals surface area contributed by atoms with Crippen LogP contribution in [0.4, 0.5) is 0 Å². The van der Waals surface area contributed by atoms with Crippen molar-refractivity contribution in [2.75, 3.05) is 33.1 Å². The number of methoxy groups -OCH3 is 2. The zero-order chi connectivity index (χ0) is 18.8. The summed E-state index contributed by atoms with van der Waals surface area (Å²) >= 11 is 3.46. The molecule has 1 N–H and O–H groups in total. The molecular weight excluding hydrogens is 374 g/mol. The van der Waals surface area contributed by atoms with Gasteiger partial charge in [-0.25, -0.2) is 4.79 Å². The van der Waals surface area contributed by atoms with E-state index >= 15 is 0 Å². The molecule has 2 rings (SSSR count). The van der Waals surface area contributed by atoms with E-state index in [1.165, 1.54) is 25.2 Å². The van der Waals surface area contributed by atoms with Crippen molar-refractivity contribution in [3.63, 3.8) is 0 Å². The Hall–Kier alpha value is -2.19. The van der Waals surface area contributed by atoms with E-state index in [0.29, 0.717) is 23.6 Å². The number of hydrogen-bond acceptors (Lipinski definition) is 7. The predicted molar refractivity (Wildman–Crippen MR) is 103 cm³/mol. The summed E-state index contributed by atoms with van der Waals surface area (Å²) in [5, 5.41) is 4.78. The second-order valence-electron chi connectivity index (χ2n) is 5.13. The SMILES string of the molecule is COc1ccc(C(=O)OCC(=O)NCCSCc2cccs2)cc1OC. The molecule has 140 valence electrons. The predicted octanol–water partition coefficient (Wildman–Crippen LogP) is 2.97. The molecule has 0 atom stereocenters. The molecule has 0 radical (unpaired) electrons. The van der Waals surface area contributed by atoms with Crippen LogP contribution in [0.3, 0.4) is 0 Å². The number of amides is 1. The number of benzene rings is 1. The average molecular weight is 396 g/mol. The summed E-state index contributed by atoms with van der Waals surface area (Å²) in [5.41, 5.74) is 0.293. The van der Waals surface area contributed by atoms with Crippen molar-refractivity contribution in [2.24, 2.45) is 0 Å². The second kappa shape index (κ2) is 10.7. The number of thiophene rings is 1. The first kappa shape index (κ1) is 20.1. The summed E-state index contributed by atoms with van der Waals surface area (Å²) in [7, 11) is 3.00. The van der Waals surface area contributed by atoms with Gasteiger partial charge in [0.25, 0.3) is 5.91 Å². The zero-order valence-electron chi connectivity index (χ0n) is 14.7. The molecule has 0 unspecified atom stereocenters. The minimum absolute atomic E-state index is 0.293. The van der Waals surface area contributed by atoms with Crippen LogP contribution in [-0.4, -0.2) is 45.0 Å². The van der Waals surface area contributed by atoms with Crippen molar-refractivity contribution >= 4 is 35.0 Å². The first-order valence-corrected chi connectivity index (χ1v) is 9.93. The maximum atomic E-state index is 12.0. The van der Waals surface area contributed by atoms with Gasteiger partial charge in [-0.1, -0.05) is 6.07 Å². The van der Waals surface area contributed by atoms with Gasteiger partial charge in [0.2, 0.25) is 0 Å². The van der Waals surface area contributed by atoms with Crippen molar-refractivity contribution in [1.29, 1.82) is 0 Å². The van der Waals surface area contributed by atoms with E-state index in [0.717, 1.165) is 11.5 Å². The summed E-state index contributed by atoms with van der Waals surface area (Å²) < 4.78 is 15.3. The van der Waals surface area contributed by atoms with Gasteiger partial charge >= 0.3 is 5.97 Å². The maximum absolute atomic E-state index is 12.0. The number of nitrogens with one attached hydrogen (secondary N) is 1. The number of rotatable bonds is 10. The summed E-state index contributed by atoms with van der Waals surface area (Å²) in [6, 6.07) is 8.79. The van der Waals surface area contributed by atoms with Gasteiger partial charge in [-0.3, -0.25) is 4.79 Å². The minimum Gasteiger partial charge on any atom is -0.493 e. The van der Waals surface area contributed by atoms with Crippen molar-refractivity contribution in [3.05, 3.63) is 46.2 Å². The van der Waals surface area contributed by atoms with E-state index in [1.54, 1.807) is 35.2 Å². The fraction of sp³-hybridized carbons (Fsp3) is 0.333. The molecule has 0 saturated heterocycles. The Morgan fingerprint density at radius 3 is 2.65 bits per heavy atom. The molecule has 0 bridgehead atoms. The van der Waals surface area contributed by atoms with Crippen LogP contribution in [0.1, 0.15) is 15.2 Å². The molecule has 0 aliphatic carbocycles. The Morgan fingerprint density at radius 1 is 1.15 bits per heavy atom. The van der Waals surface area contributed by atoms with E-state index in [-0.39, 0.29) is 12.5 Å². The van der Waals surface area contributed by atoms with Crippen LogP contribution in [-0.2, 0) is 15.3 Å². The second-order valence-corrected chi connectivity index (χ2v) is 7.27. The monoisotopic (exact) mass is 395 g/mol. The molecule has 8 heteroatoms. The van der Waals surface area contributed by atoms with Crippen molar-refractivity contribution in [3.8, 4) is 11.5 Å². The normalized spacial score (nSPS) is 10.2. The highest BCUT2D eigenvalue weighted by Crippen LogP contribution is 2.27. The third kappa shape index (κ3) is 6.27. The highest BCUT2D eigenvalue weighted by molar-refractivity contribution is 7.98. The summed E-state index contributed by atoms with van der Waals surface area (Å²) in [6.07, 6.45) is 0. The topological polar surface area (TPSA) is 73.9 Å². The number of carbonyl (C=O) groups is 2. The highest BCUT2D eigenvalue weighted by atomic mass is 32.2. The number of thioether (sulfide) groups is 1. The van der Waals surface area contributed by atoms with Gasteiger partial charge in [0.05, 0.1) is 19.8 Å². The number of carbonyl (C=O) groups excluding carboxylic acids is 2. The molecule has 0 aliphatic heterocycles. The van der Waals surface area contributed by atoms with Gasteiger partial charge in [0.1, 0.15) is 0 Å². The Bertz CT molecular complexity index is 718. The fourth-order valence-electron chi connectivity index (χ4n) is 2.06. The Balaban J connectivity index is 1.67. The zero-order valence-corrected chi connectivity index (χ0v) is 16.3. The lowest BCUT2D eigenvalue weighted by Gasteiger charge is -2.10. The number of esters is 1. The molecule has 0 aliphatic rings. The van der Waals surface area contributed by atoms with E-state index in [9.17, 15) is 9.59 Å². The van der Waals surface area contributed by atoms with Gasteiger partial charge in [0.15, 0.2) is 18.1 Å². The van der Waals surface area contributed by atoms with E-state index < -0.39 is 5.97 Å². The molecule has 26 heavy (non-hydrogen) atoms. The fourth-order valence-corrected chi connectivity index (χ4v) is 3.76. The lowest BCUT2D eigenvalue weighted by atomic mass is 10.2. The van der Waals surface area contributed by atoms with Crippen molar-refractivity contribution in [1.82, 2.24) is 5.32 Å². The Morgan fingerprint density at radius 2 is 1.96 bits per heavy atom. The minimum atomic E-state index is -0.590. The first-order chi connectivity index (χ1) is 12.6. The first-order valence-electron chi connectivity index (χ1n) is 7.90. The molecule has 1 aromatic heterocycles. The van der Waals surface area contributed by atoms with Crippen molar-refractivity contribution in [2.45, 2.75) is 5.75 Å². The molecule has 0 spiro atoms. The van der Waals surface area contributed by atoms with E-state index in [4.69, 9.17) is 14.2 Å². The van der Waals surface area contributed by atoms with Crippen LogP contribution in [0.2, 0.25) is 0 Å². The maximum Gasteiger partial charge on any atom is 0.338 e. The van der Waals surface area contributed by atoms with Crippen LogP contribution in [0.5, 0.6) is 11.5 Å². The molecule has 1 amide bonds. The number of hydrogen-bond donors (Lipinski definition) is 1. The van der Waals surface area contributed by atoms with Gasteiger partial charge in [-0.2, -0.15) is 11.8 Å². The van der Waals surface area contributed by atoms with Gasteiger partial charge < -0.3 is 19.5 Å². The van der Waals surface area contributed by atoms with E-state index in [2.05, 4.69) is 11.4 Å². The Labute approximate surface area is 160 Å². The largest absolute Gasteiger partial charge is 0.493 e. The van der Waals surface area contributed by atoms with Crippen LogP contribution < -0.4 is 14.8 Å². The van der Waals surface area contributed by atoms with E-state index in [1.807, 2.05) is 11.4 Å². The molecule has 0 fully saturated rings. The highest BCUT2D eigenvalue weighted by Gasteiger charge is 2.13. The van der Waals surface area contributed by atoms with Crippen LogP contribution in [0.25, 0.3) is 0 Å². The van der Waals surface area contributed by atoms with Gasteiger partial charge in [0, 0.05) is 22.9 Å². The quantitative estimate of drug-likeness (QED) is 0.492. The number of ether oxygens (including phenoxy) is 3. The summed E-state index contributed by atoms with van der Waals surface area (Å²) in [4.78, 5) is 25.1. The smallest absolute Gasteiger partial charge is 0.338 e. The third-order valence-corrected chi connectivity index (χ3v) is 5.41. The van der Waals surface area contributed by atoms with Crippen LogP contribution >= 0.6 is 23.1 Å². The average Bonchev–Trinajstić information content (AvgIpc) is 3.18. The lowest BCUT2D eigenvalue weighted by molar-refractivity contribution is -0.124. The molecule has 0 saturated carbocycles. The Kier molecular flexibility index (Phi) is 8.30. The van der Waals surface area contributed by atoms with Crippen molar-refractivity contribution < 1.29 is 23.8 Å². The summed E-state index contributed by atoms with van der Waals surface area (Å²) in [6.45, 7) is 0.214. The van der Waals surface area contributed by atoms with Crippen LogP contribution in [0.15, 0.2) is 35.7 Å². The summed E-state index contributed by atoms with van der Waals surface area (Å²) in [5.74, 6) is 1.76.